The average Bonchev–Trinajstić information content (AvgIpc) is 1.61. The summed E-state index contributed by atoms with van der Waals surface area (Å²) in [7, 11) is 0. The number of carboxylic acids is 1. The average molecular weight is 118 g/mol. The lowest BCUT2D eigenvalue weighted by atomic mass is 10.3. The first kappa shape index (κ1) is 6.56. The van der Waals surface area contributed by atoms with Crippen molar-refractivity contribution in [1.29, 1.82) is 0 Å². The Bertz CT molecular complexity index is 79.8. The third kappa shape index (κ3) is 5.56. The number of carbonyl (C=O) groups is 1. The molecular weight excluding hydrogens is 112 g/mol. The highest BCUT2D eigenvalue weighted by molar-refractivity contribution is 7.78. The van der Waals surface area contributed by atoms with Gasteiger partial charge >= 0.3 is 5.97 Å². The summed E-state index contributed by atoms with van der Waals surface area (Å²) in [6.07, 6.45) is 0.647. The molecule has 0 amide bonds. The van der Waals surface area contributed by atoms with E-state index in [1.807, 2.05) is 0 Å². The Morgan fingerprint density at radius 2 is 2.43 bits per heavy atom. The second-order valence-corrected chi connectivity index (χ2v) is 1.43. The van der Waals surface area contributed by atoms with Crippen LogP contribution in [0.3, 0.4) is 0 Å². The number of thiocarbonyl (C=S) groups is 1. The second kappa shape index (κ2) is 3.74. The van der Waals surface area contributed by atoms with Gasteiger partial charge < -0.3 is 5.11 Å². The van der Waals surface area contributed by atoms with Crippen molar-refractivity contribution >= 4 is 23.6 Å². The lowest BCUT2D eigenvalue weighted by Crippen LogP contribution is -1.92. The van der Waals surface area contributed by atoms with Gasteiger partial charge in [0.05, 0.1) is 0 Å². The molecule has 0 heterocycles. The molecule has 0 aromatic carbocycles. The van der Waals surface area contributed by atoms with E-state index in [1.54, 1.807) is 0 Å². The maximum Gasteiger partial charge on any atom is 0.303 e. The van der Waals surface area contributed by atoms with Crippen molar-refractivity contribution in [3.05, 3.63) is 0 Å². The molecule has 0 bridgehead atoms. The molecule has 3 heteroatoms. The Hall–Kier alpha value is -0.440. The predicted octanol–water partition coefficient (Wildman–Crippen LogP) is 0.851. The molecular formula is C4H6O2S. The summed E-state index contributed by atoms with van der Waals surface area (Å²) < 4.78 is 0. The largest absolute Gasteiger partial charge is 0.481 e. The summed E-state index contributed by atoms with van der Waals surface area (Å²) >= 11 is 4.38. The molecule has 0 saturated carbocycles. The number of carboxylic acid groups (broad SMARTS) is 1. The van der Waals surface area contributed by atoms with Crippen molar-refractivity contribution in [1.82, 2.24) is 0 Å². The minimum absolute atomic E-state index is 0.156. The van der Waals surface area contributed by atoms with E-state index >= 15 is 0 Å². The first-order valence-electron chi connectivity index (χ1n) is 1.93. The van der Waals surface area contributed by atoms with Crippen LogP contribution >= 0.6 is 12.2 Å². The summed E-state index contributed by atoms with van der Waals surface area (Å²) in [5, 5.41) is 9.40. The van der Waals surface area contributed by atoms with E-state index in [0.717, 1.165) is 0 Å². The minimum Gasteiger partial charge on any atom is -0.481 e. The predicted molar refractivity (Wildman–Crippen MR) is 30.5 cm³/mol. The Labute approximate surface area is 47.1 Å². The molecule has 0 fully saturated rings. The van der Waals surface area contributed by atoms with Gasteiger partial charge in [0.2, 0.25) is 0 Å². The lowest BCUT2D eigenvalue weighted by molar-refractivity contribution is -0.136. The van der Waals surface area contributed by atoms with Gasteiger partial charge in [-0.25, -0.2) is 0 Å². The maximum absolute atomic E-state index is 9.69. The highest BCUT2D eigenvalue weighted by Crippen LogP contribution is 1.82. The zero-order chi connectivity index (χ0) is 5.70. The molecule has 0 rings (SSSR count). The number of hydrogen-bond donors (Lipinski definition) is 1. The van der Waals surface area contributed by atoms with E-state index in [9.17, 15) is 4.79 Å². The third-order valence-electron chi connectivity index (χ3n) is 0.476. The van der Waals surface area contributed by atoms with Gasteiger partial charge in [-0.05, 0) is 11.8 Å². The molecule has 0 radical (unpaired) electrons. The molecule has 0 aliphatic heterocycles. The highest BCUT2D eigenvalue weighted by Gasteiger charge is 1.89. The van der Waals surface area contributed by atoms with Crippen LogP contribution in [0.15, 0.2) is 0 Å². The van der Waals surface area contributed by atoms with E-state index in [1.165, 1.54) is 5.37 Å². The minimum atomic E-state index is -0.791. The van der Waals surface area contributed by atoms with Crippen LogP contribution in [0.4, 0.5) is 0 Å². The van der Waals surface area contributed by atoms with Crippen LogP contribution in [-0.4, -0.2) is 16.4 Å². The molecule has 0 aromatic rings. The summed E-state index contributed by atoms with van der Waals surface area (Å²) in [4.78, 5) is 9.69. The molecule has 0 saturated heterocycles. The van der Waals surface area contributed by atoms with Gasteiger partial charge in [-0.2, -0.15) is 0 Å². The summed E-state index contributed by atoms with van der Waals surface area (Å²) in [5.41, 5.74) is 0. The zero-order valence-corrected chi connectivity index (χ0v) is 4.57. The molecule has 40 valence electrons. The summed E-state index contributed by atoms with van der Waals surface area (Å²) in [6, 6.07) is 0. The van der Waals surface area contributed by atoms with E-state index in [0.29, 0.717) is 6.42 Å². The van der Waals surface area contributed by atoms with Crippen LogP contribution in [0.1, 0.15) is 12.8 Å². The topological polar surface area (TPSA) is 37.3 Å². The van der Waals surface area contributed by atoms with Gasteiger partial charge in [0, 0.05) is 6.42 Å². The van der Waals surface area contributed by atoms with Gasteiger partial charge in [0.1, 0.15) is 0 Å². The highest BCUT2D eigenvalue weighted by atomic mass is 32.1. The first-order chi connectivity index (χ1) is 3.27. The first-order valence-corrected chi connectivity index (χ1v) is 2.40. The zero-order valence-electron chi connectivity index (χ0n) is 3.76. The summed E-state index contributed by atoms with van der Waals surface area (Å²) in [6.45, 7) is 0. The van der Waals surface area contributed by atoms with Gasteiger partial charge in [0.15, 0.2) is 0 Å². The summed E-state index contributed by atoms with van der Waals surface area (Å²) in [5.74, 6) is -0.791. The Kier molecular flexibility index (Phi) is 3.50. The fourth-order valence-corrected chi connectivity index (χ4v) is 0.300. The maximum atomic E-state index is 9.69. The molecule has 0 spiro atoms. The Balaban J connectivity index is 2.97. The smallest absolute Gasteiger partial charge is 0.303 e. The molecule has 7 heavy (non-hydrogen) atoms. The van der Waals surface area contributed by atoms with Crippen LogP contribution in [0, 0.1) is 0 Å². The lowest BCUT2D eigenvalue weighted by Gasteiger charge is -1.81. The van der Waals surface area contributed by atoms with E-state index in [4.69, 9.17) is 5.11 Å². The van der Waals surface area contributed by atoms with Crippen molar-refractivity contribution in [2.24, 2.45) is 0 Å². The van der Waals surface area contributed by atoms with Crippen molar-refractivity contribution in [3.63, 3.8) is 0 Å². The quantitative estimate of drug-likeness (QED) is 0.558. The third-order valence-corrected chi connectivity index (χ3v) is 0.712. The van der Waals surface area contributed by atoms with E-state index in [-0.39, 0.29) is 6.42 Å². The van der Waals surface area contributed by atoms with Crippen molar-refractivity contribution in [3.8, 4) is 0 Å². The molecule has 0 unspecified atom stereocenters. The number of rotatable bonds is 3. The molecule has 2 nitrogen and oxygen atoms in total. The van der Waals surface area contributed by atoms with Crippen molar-refractivity contribution in [2.75, 3.05) is 0 Å². The molecule has 0 atom stereocenters. The standard InChI is InChI=1S/C4H6O2S/c5-4(6)2-1-3-7/h3H,1-2H2,(H,5,6). The number of hydrogen-bond acceptors (Lipinski definition) is 2. The van der Waals surface area contributed by atoms with Gasteiger partial charge in [-0.15, -0.1) is 0 Å². The van der Waals surface area contributed by atoms with Crippen molar-refractivity contribution in [2.45, 2.75) is 12.8 Å². The molecule has 0 aliphatic carbocycles. The second-order valence-electron chi connectivity index (χ2n) is 1.10. The van der Waals surface area contributed by atoms with Gasteiger partial charge in [0.25, 0.3) is 0 Å². The molecule has 0 aromatic heterocycles. The van der Waals surface area contributed by atoms with Crippen LogP contribution < -0.4 is 0 Å². The van der Waals surface area contributed by atoms with Crippen LogP contribution in [0.2, 0.25) is 0 Å². The van der Waals surface area contributed by atoms with E-state index in [2.05, 4.69) is 12.2 Å². The fourth-order valence-electron chi connectivity index (χ4n) is 0.182. The van der Waals surface area contributed by atoms with Crippen LogP contribution in [-0.2, 0) is 4.79 Å². The SMILES string of the molecule is O=C(O)CCC=S. The van der Waals surface area contributed by atoms with Crippen LogP contribution in [0.25, 0.3) is 0 Å². The normalized spacial score (nSPS) is 8.00. The molecule has 1 N–H and O–H groups in total. The monoisotopic (exact) mass is 118 g/mol. The molecule has 0 aliphatic rings. The Morgan fingerprint density at radius 3 is 2.57 bits per heavy atom. The Morgan fingerprint density at radius 1 is 1.86 bits per heavy atom. The van der Waals surface area contributed by atoms with Gasteiger partial charge in [-0.1, -0.05) is 12.2 Å². The van der Waals surface area contributed by atoms with Crippen molar-refractivity contribution < 1.29 is 9.90 Å². The fraction of sp³-hybridized carbons (Fsp3) is 0.500. The van der Waals surface area contributed by atoms with Crippen LogP contribution in [0.5, 0.6) is 0 Å². The van der Waals surface area contributed by atoms with Gasteiger partial charge in [-0.3, -0.25) is 4.79 Å². The number of aliphatic carboxylic acids is 1. The van der Waals surface area contributed by atoms with E-state index < -0.39 is 5.97 Å².